The molecule has 2 N–H and O–H groups in total. The Morgan fingerprint density at radius 1 is 0.950 bits per heavy atom. The zero-order chi connectivity index (χ0) is 13.9. The van der Waals surface area contributed by atoms with Crippen molar-refractivity contribution < 1.29 is 10.2 Å². The van der Waals surface area contributed by atoms with Crippen LogP contribution >= 0.6 is 0 Å². The molecule has 3 aliphatic rings. The molecule has 0 aromatic heterocycles. The van der Waals surface area contributed by atoms with Crippen molar-refractivity contribution in [2.75, 3.05) is 6.61 Å². The minimum Gasteiger partial charge on any atom is -0.396 e. The van der Waals surface area contributed by atoms with Crippen LogP contribution in [0.5, 0.6) is 0 Å². The minimum absolute atomic E-state index is 0.0107. The Morgan fingerprint density at radius 2 is 1.45 bits per heavy atom. The van der Waals surface area contributed by atoms with E-state index in [2.05, 4.69) is 19.1 Å². The molecule has 0 heterocycles. The molecule has 2 atom stereocenters. The normalized spacial score (nSPS) is 33.6. The van der Waals surface area contributed by atoms with E-state index in [9.17, 15) is 10.2 Å². The van der Waals surface area contributed by atoms with Gasteiger partial charge in [0.2, 0.25) is 0 Å². The molecule has 2 aromatic rings. The summed E-state index contributed by atoms with van der Waals surface area (Å²) in [5.41, 5.74) is 3.31. The molecule has 0 unspecified atom stereocenters. The lowest BCUT2D eigenvalue weighted by atomic mass is 9.52. The highest BCUT2D eigenvalue weighted by atomic mass is 16.3. The fraction of sp³-hybridized carbons (Fsp3) is 0.333. The number of hydrogen-bond acceptors (Lipinski definition) is 2. The molecule has 20 heavy (non-hydrogen) atoms. The Kier molecular flexibility index (Phi) is 2.39. The first kappa shape index (κ1) is 12.1. The van der Waals surface area contributed by atoms with E-state index in [1.54, 1.807) is 0 Å². The molecule has 5 rings (SSSR count). The third-order valence-corrected chi connectivity index (χ3v) is 5.31. The summed E-state index contributed by atoms with van der Waals surface area (Å²) in [5.74, 6) is 0.362. The number of rotatable bonds is 1. The van der Waals surface area contributed by atoms with Crippen LogP contribution in [0.4, 0.5) is 0 Å². The molecule has 0 fully saturated rings. The molecule has 0 radical (unpaired) electrons. The van der Waals surface area contributed by atoms with Gasteiger partial charge in [-0.2, -0.15) is 0 Å². The van der Waals surface area contributed by atoms with Gasteiger partial charge in [0.1, 0.15) is 5.60 Å². The van der Waals surface area contributed by atoms with Gasteiger partial charge in [0.15, 0.2) is 0 Å². The van der Waals surface area contributed by atoms with Crippen LogP contribution in [-0.4, -0.2) is 16.8 Å². The van der Waals surface area contributed by atoms with Crippen LogP contribution in [0.25, 0.3) is 0 Å². The van der Waals surface area contributed by atoms with Crippen molar-refractivity contribution in [3.8, 4) is 0 Å². The fourth-order valence-electron chi connectivity index (χ4n) is 4.42. The molecule has 2 bridgehead atoms. The quantitative estimate of drug-likeness (QED) is 0.833. The van der Waals surface area contributed by atoms with E-state index in [-0.39, 0.29) is 24.4 Å². The first-order valence-electron chi connectivity index (χ1n) is 7.21. The number of fused-ring (bicyclic) bond motifs is 1. The fourth-order valence-corrected chi connectivity index (χ4v) is 4.42. The Morgan fingerprint density at radius 3 is 1.95 bits per heavy atom. The van der Waals surface area contributed by atoms with E-state index in [0.717, 1.165) is 11.1 Å². The SMILES string of the molecule is C[C@@H]1C2c3ccccc3C(O)(c3ccccc32)[C@H]1CO. The van der Waals surface area contributed by atoms with Crippen molar-refractivity contribution in [2.45, 2.75) is 18.4 Å². The van der Waals surface area contributed by atoms with E-state index in [1.165, 1.54) is 11.1 Å². The molecule has 0 saturated carbocycles. The third kappa shape index (κ3) is 1.22. The van der Waals surface area contributed by atoms with E-state index in [0.29, 0.717) is 0 Å². The summed E-state index contributed by atoms with van der Waals surface area (Å²) >= 11 is 0. The number of hydrogen-bond donors (Lipinski definition) is 2. The lowest BCUT2D eigenvalue weighted by molar-refractivity contribution is -0.0597. The van der Waals surface area contributed by atoms with Gasteiger partial charge < -0.3 is 10.2 Å². The van der Waals surface area contributed by atoms with Crippen LogP contribution in [0, 0.1) is 11.8 Å². The van der Waals surface area contributed by atoms with E-state index in [4.69, 9.17) is 0 Å². The van der Waals surface area contributed by atoms with Crippen molar-refractivity contribution in [3.05, 3.63) is 70.8 Å². The Bertz CT molecular complexity index is 629. The van der Waals surface area contributed by atoms with Crippen LogP contribution < -0.4 is 0 Å². The molecule has 2 heteroatoms. The highest BCUT2D eigenvalue weighted by Crippen LogP contribution is 2.59. The maximum Gasteiger partial charge on any atom is 0.120 e. The van der Waals surface area contributed by atoms with Gasteiger partial charge in [0.25, 0.3) is 0 Å². The van der Waals surface area contributed by atoms with Gasteiger partial charge in [-0.05, 0) is 28.2 Å². The summed E-state index contributed by atoms with van der Waals surface area (Å²) in [5, 5.41) is 21.3. The number of aliphatic hydroxyl groups is 2. The predicted octanol–water partition coefficient (Wildman–Crippen LogP) is 2.63. The molecule has 0 amide bonds. The first-order chi connectivity index (χ1) is 9.69. The zero-order valence-corrected chi connectivity index (χ0v) is 11.5. The Labute approximate surface area is 118 Å². The molecule has 0 aliphatic heterocycles. The van der Waals surface area contributed by atoms with Crippen LogP contribution in [0.1, 0.15) is 35.1 Å². The largest absolute Gasteiger partial charge is 0.396 e. The lowest BCUT2D eigenvalue weighted by Gasteiger charge is -2.54. The van der Waals surface area contributed by atoms with E-state index < -0.39 is 5.60 Å². The average molecular weight is 266 g/mol. The average Bonchev–Trinajstić information content (AvgIpc) is 2.48. The van der Waals surface area contributed by atoms with Gasteiger partial charge in [-0.15, -0.1) is 0 Å². The van der Waals surface area contributed by atoms with Crippen molar-refractivity contribution in [2.24, 2.45) is 11.8 Å². The highest BCUT2D eigenvalue weighted by molar-refractivity contribution is 5.58. The summed E-state index contributed by atoms with van der Waals surface area (Å²) in [4.78, 5) is 0. The second-order valence-corrected chi connectivity index (χ2v) is 6.07. The molecular formula is C18H18O2. The number of aliphatic hydroxyl groups excluding tert-OH is 1. The molecule has 102 valence electrons. The first-order valence-corrected chi connectivity index (χ1v) is 7.21. The second-order valence-electron chi connectivity index (χ2n) is 6.07. The lowest BCUT2D eigenvalue weighted by Crippen LogP contribution is -2.52. The van der Waals surface area contributed by atoms with Crippen molar-refractivity contribution in [3.63, 3.8) is 0 Å². The van der Waals surface area contributed by atoms with Gasteiger partial charge in [0.05, 0.1) is 0 Å². The maximum atomic E-state index is 11.5. The van der Waals surface area contributed by atoms with Crippen LogP contribution in [0.3, 0.4) is 0 Å². The molecule has 2 nitrogen and oxygen atoms in total. The predicted molar refractivity (Wildman–Crippen MR) is 77.5 cm³/mol. The van der Waals surface area contributed by atoms with Crippen molar-refractivity contribution in [1.29, 1.82) is 0 Å². The second kappa shape index (κ2) is 3.94. The standard InChI is InChI=1S/C18H18O2/c1-11-16(10-19)18(20)14-8-4-2-6-12(14)17(11)13-7-3-5-9-15(13)18/h2-9,11,16-17,19-20H,10H2,1H3/t11-,16-,17?,18?/m0/s1. The molecule has 0 spiro atoms. The van der Waals surface area contributed by atoms with Gasteiger partial charge in [-0.25, -0.2) is 0 Å². The monoisotopic (exact) mass is 266 g/mol. The van der Waals surface area contributed by atoms with Gasteiger partial charge in [-0.3, -0.25) is 0 Å². The maximum absolute atomic E-state index is 11.5. The summed E-state index contributed by atoms with van der Waals surface area (Å²) < 4.78 is 0. The van der Waals surface area contributed by atoms with Crippen LogP contribution in [0.15, 0.2) is 48.5 Å². The van der Waals surface area contributed by atoms with Crippen LogP contribution in [-0.2, 0) is 5.60 Å². The molecule has 3 aliphatic carbocycles. The molecular weight excluding hydrogens is 248 g/mol. The van der Waals surface area contributed by atoms with Crippen LogP contribution in [0.2, 0.25) is 0 Å². The van der Waals surface area contributed by atoms with E-state index >= 15 is 0 Å². The van der Waals surface area contributed by atoms with E-state index in [1.807, 2.05) is 36.4 Å². The smallest absolute Gasteiger partial charge is 0.120 e. The summed E-state index contributed by atoms with van der Waals surface area (Å²) in [6, 6.07) is 16.3. The topological polar surface area (TPSA) is 40.5 Å². The Balaban J connectivity index is 2.11. The third-order valence-electron chi connectivity index (χ3n) is 5.31. The number of benzene rings is 2. The van der Waals surface area contributed by atoms with Gasteiger partial charge in [0, 0.05) is 18.4 Å². The molecule has 0 saturated heterocycles. The summed E-state index contributed by atoms with van der Waals surface area (Å²) in [6.45, 7) is 2.15. The zero-order valence-electron chi connectivity index (χ0n) is 11.5. The van der Waals surface area contributed by atoms with Gasteiger partial charge in [-0.1, -0.05) is 55.5 Å². The summed E-state index contributed by atoms with van der Waals surface area (Å²) in [7, 11) is 0. The minimum atomic E-state index is -1.06. The summed E-state index contributed by atoms with van der Waals surface area (Å²) in [6.07, 6.45) is 0. The van der Waals surface area contributed by atoms with Gasteiger partial charge >= 0.3 is 0 Å². The van der Waals surface area contributed by atoms with Crippen molar-refractivity contribution in [1.82, 2.24) is 0 Å². The highest BCUT2D eigenvalue weighted by Gasteiger charge is 2.56. The Hall–Kier alpha value is -1.64. The van der Waals surface area contributed by atoms with Crippen molar-refractivity contribution >= 4 is 0 Å². The molecule has 2 aromatic carbocycles.